The van der Waals surface area contributed by atoms with Crippen LogP contribution in [0.15, 0.2) is 12.1 Å². The molecule has 3 nitrogen and oxygen atoms in total. The minimum atomic E-state index is -0.359. The Balaban J connectivity index is 2.85. The Bertz CT molecular complexity index is 421. The molecule has 0 unspecified atom stereocenters. The van der Waals surface area contributed by atoms with Crippen LogP contribution in [0.4, 0.5) is 5.69 Å². The Morgan fingerprint density at radius 1 is 1.29 bits per heavy atom. The van der Waals surface area contributed by atoms with Gasteiger partial charge in [-0.25, -0.2) is 0 Å². The summed E-state index contributed by atoms with van der Waals surface area (Å²) >= 11 is 0. The fourth-order valence-electron chi connectivity index (χ4n) is 1.74. The van der Waals surface area contributed by atoms with Crippen molar-refractivity contribution >= 4 is 5.69 Å². The number of nitrogens with one attached hydrogen (secondary N) is 1. The molecule has 92 valence electrons. The van der Waals surface area contributed by atoms with Gasteiger partial charge in [0.05, 0.1) is 18.6 Å². The maximum absolute atomic E-state index is 8.95. The molecule has 0 radical (unpaired) electrons. The van der Waals surface area contributed by atoms with Crippen LogP contribution in [0.25, 0.3) is 0 Å². The van der Waals surface area contributed by atoms with Crippen molar-refractivity contribution in [3.63, 3.8) is 0 Å². The lowest BCUT2D eigenvalue weighted by molar-refractivity contribution is 0.408. The second-order valence-corrected chi connectivity index (χ2v) is 4.99. The third-order valence-corrected chi connectivity index (χ3v) is 2.70. The number of nitrogens with zero attached hydrogens (tertiary/aromatic N) is 1. The first-order chi connectivity index (χ1) is 7.89. The van der Waals surface area contributed by atoms with Gasteiger partial charge in [-0.2, -0.15) is 5.26 Å². The van der Waals surface area contributed by atoms with Crippen LogP contribution in [-0.4, -0.2) is 13.7 Å². The first-order valence-electron chi connectivity index (χ1n) is 5.70. The topological polar surface area (TPSA) is 45.0 Å². The lowest BCUT2D eigenvalue weighted by Crippen LogP contribution is -2.21. The molecule has 3 heteroatoms. The number of methoxy groups -OCH3 is 1. The largest absolute Gasteiger partial charge is 0.496 e. The van der Waals surface area contributed by atoms with E-state index in [2.05, 4.69) is 11.4 Å². The quantitative estimate of drug-likeness (QED) is 0.866. The summed E-state index contributed by atoms with van der Waals surface area (Å²) in [6.45, 7) is 8.51. The van der Waals surface area contributed by atoms with Gasteiger partial charge in [-0.05, 0) is 51.0 Å². The Morgan fingerprint density at radius 3 is 2.24 bits per heavy atom. The van der Waals surface area contributed by atoms with Crippen LogP contribution in [0.3, 0.4) is 0 Å². The highest BCUT2D eigenvalue weighted by atomic mass is 16.5. The summed E-state index contributed by atoms with van der Waals surface area (Å²) in [5.41, 5.74) is 2.88. The molecule has 1 rings (SSSR count). The molecular formula is C14H20N2O. The summed E-state index contributed by atoms with van der Waals surface area (Å²) in [7, 11) is 1.68. The van der Waals surface area contributed by atoms with Crippen LogP contribution in [-0.2, 0) is 0 Å². The van der Waals surface area contributed by atoms with Crippen molar-refractivity contribution in [2.24, 2.45) is 5.41 Å². The van der Waals surface area contributed by atoms with Crippen LogP contribution in [0.5, 0.6) is 5.75 Å². The fourth-order valence-corrected chi connectivity index (χ4v) is 1.74. The Hall–Kier alpha value is -1.69. The van der Waals surface area contributed by atoms with Crippen molar-refractivity contribution in [1.29, 1.82) is 5.26 Å². The van der Waals surface area contributed by atoms with Crippen LogP contribution in [0, 0.1) is 30.6 Å². The third-order valence-electron chi connectivity index (χ3n) is 2.70. The molecule has 1 aromatic carbocycles. The molecule has 0 bridgehead atoms. The van der Waals surface area contributed by atoms with Gasteiger partial charge in [0.25, 0.3) is 0 Å². The molecule has 0 spiro atoms. The van der Waals surface area contributed by atoms with E-state index in [1.807, 2.05) is 39.8 Å². The number of aryl methyl sites for hydroxylation is 2. The summed E-state index contributed by atoms with van der Waals surface area (Å²) in [6, 6.07) is 6.36. The molecule has 17 heavy (non-hydrogen) atoms. The van der Waals surface area contributed by atoms with Crippen molar-refractivity contribution in [3.05, 3.63) is 23.3 Å². The molecule has 1 aromatic rings. The molecule has 0 saturated heterocycles. The first kappa shape index (κ1) is 13.4. The van der Waals surface area contributed by atoms with E-state index >= 15 is 0 Å². The molecule has 0 atom stereocenters. The number of anilines is 1. The van der Waals surface area contributed by atoms with Gasteiger partial charge >= 0.3 is 0 Å². The zero-order valence-corrected chi connectivity index (χ0v) is 11.2. The third kappa shape index (κ3) is 3.39. The highest BCUT2D eigenvalue weighted by molar-refractivity contribution is 5.55. The van der Waals surface area contributed by atoms with Crippen LogP contribution >= 0.6 is 0 Å². The maximum atomic E-state index is 8.95. The molecule has 0 aliphatic carbocycles. The summed E-state index contributed by atoms with van der Waals surface area (Å²) < 4.78 is 5.32. The summed E-state index contributed by atoms with van der Waals surface area (Å²) in [5.74, 6) is 0.926. The van der Waals surface area contributed by atoms with Gasteiger partial charge in [-0.1, -0.05) is 0 Å². The van der Waals surface area contributed by atoms with Crippen LogP contribution in [0.2, 0.25) is 0 Å². The van der Waals surface area contributed by atoms with Gasteiger partial charge in [0.1, 0.15) is 5.75 Å². The van der Waals surface area contributed by atoms with Crippen molar-refractivity contribution in [1.82, 2.24) is 0 Å². The second kappa shape index (κ2) is 5.09. The fraction of sp³-hybridized carbons (Fsp3) is 0.500. The van der Waals surface area contributed by atoms with E-state index < -0.39 is 0 Å². The number of hydrogen-bond acceptors (Lipinski definition) is 3. The SMILES string of the molecule is COc1c(C)cc(NCC(C)(C)C#N)cc1C. The van der Waals surface area contributed by atoms with Crippen LogP contribution in [0.1, 0.15) is 25.0 Å². The lowest BCUT2D eigenvalue weighted by Gasteiger charge is -2.18. The van der Waals surface area contributed by atoms with Gasteiger partial charge < -0.3 is 10.1 Å². The van der Waals surface area contributed by atoms with Gasteiger partial charge in [-0.3, -0.25) is 0 Å². The normalized spacial score (nSPS) is 10.8. The average molecular weight is 232 g/mol. The first-order valence-corrected chi connectivity index (χ1v) is 5.70. The monoisotopic (exact) mass is 232 g/mol. The van der Waals surface area contributed by atoms with E-state index in [1.165, 1.54) is 0 Å². The molecule has 0 aliphatic heterocycles. The number of ether oxygens (including phenoxy) is 1. The highest BCUT2D eigenvalue weighted by Gasteiger charge is 2.16. The van der Waals surface area contributed by atoms with Gasteiger partial charge in [0.15, 0.2) is 0 Å². The van der Waals surface area contributed by atoms with E-state index in [0.29, 0.717) is 6.54 Å². The Kier molecular flexibility index (Phi) is 4.01. The Labute approximate surface area is 103 Å². The lowest BCUT2D eigenvalue weighted by atomic mass is 9.96. The number of rotatable bonds is 4. The van der Waals surface area contributed by atoms with Crippen molar-refractivity contribution in [2.75, 3.05) is 19.0 Å². The minimum absolute atomic E-state index is 0.359. The van der Waals surface area contributed by atoms with Crippen molar-refractivity contribution < 1.29 is 4.74 Å². The highest BCUT2D eigenvalue weighted by Crippen LogP contribution is 2.27. The smallest absolute Gasteiger partial charge is 0.124 e. The minimum Gasteiger partial charge on any atom is -0.496 e. The van der Waals surface area contributed by atoms with Crippen molar-refractivity contribution in [3.8, 4) is 11.8 Å². The van der Waals surface area contributed by atoms with E-state index in [-0.39, 0.29) is 5.41 Å². The van der Waals surface area contributed by atoms with Gasteiger partial charge in [0.2, 0.25) is 0 Å². The Morgan fingerprint density at radius 2 is 1.82 bits per heavy atom. The average Bonchev–Trinajstić information content (AvgIpc) is 2.26. The zero-order valence-electron chi connectivity index (χ0n) is 11.2. The second-order valence-electron chi connectivity index (χ2n) is 4.99. The predicted molar refractivity (Wildman–Crippen MR) is 70.4 cm³/mol. The van der Waals surface area contributed by atoms with E-state index in [0.717, 1.165) is 22.6 Å². The molecule has 0 amide bonds. The van der Waals surface area contributed by atoms with E-state index in [9.17, 15) is 0 Å². The maximum Gasteiger partial charge on any atom is 0.124 e. The molecule has 0 saturated carbocycles. The summed E-state index contributed by atoms with van der Waals surface area (Å²) in [5, 5.41) is 12.2. The van der Waals surface area contributed by atoms with Gasteiger partial charge in [0, 0.05) is 12.2 Å². The van der Waals surface area contributed by atoms with E-state index in [4.69, 9.17) is 10.00 Å². The summed E-state index contributed by atoms with van der Waals surface area (Å²) in [4.78, 5) is 0. The molecular weight excluding hydrogens is 212 g/mol. The van der Waals surface area contributed by atoms with Gasteiger partial charge in [-0.15, -0.1) is 0 Å². The zero-order chi connectivity index (χ0) is 13.1. The molecule has 1 N–H and O–H groups in total. The number of benzene rings is 1. The van der Waals surface area contributed by atoms with Crippen molar-refractivity contribution in [2.45, 2.75) is 27.7 Å². The molecule has 0 fully saturated rings. The number of hydrogen-bond donors (Lipinski definition) is 1. The molecule has 0 aromatic heterocycles. The standard InChI is InChI=1S/C14H20N2O/c1-10-6-12(7-11(2)13(10)17-5)16-9-14(3,4)8-15/h6-7,16H,9H2,1-5H3. The molecule has 0 heterocycles. The predicted octanol–water partition coefficient (Wildman–Crippen LogP) is 3.27. The van der Waals surface area contributed by atoms with E-state index in [1.54, 1.807) is 7.11 Å². The summed E-state index contributed by atoms with van der Waals surface area (Å²) in [6.07, 6.45) is 0. The van der Waals surface area contributed by atoms with Crippen LogP contribution < -0.4 is 10.1 Å². The molecule has 0 aliphatic rings. The number of nitriles is 1.